The Bertz CT molecular complexity index is 659. The number of carbonyl (C=O) groups is 2. The van der Waals surface area contributed by atoms with E-state index in [4.69, 9.17) is 12.2 Å². The summed E-state index contributed by atoms with van der Waals surface area (Å²) < 4.78 is 0. The lowest BCUT2D eigenvalue weighted by molar-refractivity contribution is -0.385. The quantitative estimate of drug-likeness (QED) is 0.434. The van der Waals surface area contributed by atoms with E-state index >= 15 is 0 Å². The summed E-state index contributed by atoms with van der Waals surface area (Å²) in [6, 6.07) is 5.55. The summed E-state index contributed by atoms with van der Waals surface area (Å²) >= 11 is 4.93. The van der Waals surface area contributed by atoms with Gasteiger partial charge in [0.25, 0.3) is 11.6 Å². The third-order valence-electron chi connectivity index (χ3n) is 3.84. The lowest BCUT2D eigenvalue weighted by Gasteiger charge is -2.12. The minimum atomic E-state index is -0.713. The summed E-state index contributed by atoms with van der Waals surface area (Å²) in [6.07, 6.45) is 4.78. The first-order chi connectivity index (χ1) is 11.5. The van der Waals surface area contributed by atoms with Crippen molar-refractivity contribution in [2.75, 3.05) is 0 Å². The Morgan fingerprint density at radius 2 is 1.88 bits per heavy atom. The maximum Gasteiger partial charge on any atom is 0.282 e. The highest BCUT2D eigenvalue weighted by Gasteiger charge is 2.20. The molecule has 1 saturated carbocycles. The molecule has 24 heavy (non-hydrogen) atoms. The number of hydrogen-bond acceptors (Lipinski definition) is 5. The van der Waals surface area contributed by atoms with Crippen LogP contribution in [0.4, 0.5) is 5.69 Å². The van der Waals surface area contributed by atoms with Crippen LogP contribution in [-0.4, -0.2) is 21.9 Å². The summed E-state index contributed by atoms with van der Waals surface area (Å²) in [5.41, 5.74) is 4.21. The van der Waals surface area contributed by atoms with Crippen LogP contribution in [0.25, 0.3) is 0 Å². The zero-order valence-electron chi connectivity index (χ0n) is 12.9. The Kier molecular flexibility index (Phi) is 6.19. The molecule has 1 aliphatic carbocycles. The maximum atomic E-state index is 12.0. The van der Waals surface area contributed by atoms with Crippen molar-refractivity contribution >= 4 is 34.8 Å². The van der Waals surface area contributed by atoms with Gasteiger partial charge in [0, 0.05) is 12.5 Å². The van der Waals surface area contributed by atoms with E-state index in [1.807, 2.05) is 0 Å². The van der Waals surface area contributed by atoms with Gasteiger partial charge in [-0.15, -0.1) is 0 Å². The number of hydrogen-bond donors (Lipinski definition) is 3. The largest absolute Gasteiger partial charge is 0.302 e. The molecule has 1 aromatic rings. The van der Waals surface area contributed by atoms with E-state index in [1.54, 1.807) is 0 Å². The van der Waals surface area contributed by atoms with Gasteiger partial charge < -0.3 is 5.32 Å². The lowest BCUT2D eigenvalue weighted by Crippen LogP contribution is -2.48. The highest BCUT2D eigenvalue weighted by atomic mass is 32.1. The molecule has 9 heteroatoms. The van der Waals surface area contributed by atoms with Crippen LogP contribution in [0.3, 0.4) is 0 Å². The minimum absolute atomic E-state index is 0.0510. The van der Waals surface area contributed by atoms with E-state index < -0.39 is 10.8 Å². The van der Waals surface area contributed by atoms with Gasteiger partial charge in [-0.1, -0.05) is 25.0 Å². The number of carbonyl (C=O) groups excluding carboxylic acids is 2. The van der Waals surface area contributed by atoms with Crippen molar-refractivity contribution in [2.24, 2.45) is 5.92 Å². The number of nitro benzene ring substituents is 1. The van der Waals surface area contributed by atoms with Crippen molar-refractivity contribution in [2.45, 2.75) is 32.1 Å². The Hall–Kier alpha value is -2.55. The molecule has 0 atom stereocenters. The number of nitrogens with one attached hydrogen (secondary N) is 3. The lowest BCUT2D eigenvalue weighted by atomic mass is 10.0. The van der Waals surface area contributed by atoms with Crippen molar-refractivity contribution in [3.63, 3.8) is 0 Å². The predicted octanol–water partition coefficient (Wildman–Crippen LogP) is 1.81. The third-order valence-corrected chi connectivity index (χ3v) is 4.04. The van der Waals surface area contributed by atoms with Gasteiger partial charge in [0.15, 0.2) is 5.11 Å². The highest BCUT2D eigenvalue weighted by molar-refractivity contribution is 7.80. The fourth-order valence-corrected chi connectivity index (χ4v) is 2.86. The highest BCUT2D eigenvalue weighted by Crippen LogP contribution is 2.27. The first-order valence-corrected chi connectivity index (χ1v) is 8.02. The molecule has 1 aliphatic rings. The van der Waals surface area contributed by atoms with Gasteiger partial charge in [-0.2, -0.15) is 0 Å². The van der Waals surface area contributed by atoms with Gasteiger partial charge in [-0.25, -0.2) is 0 Å². The number of nitro groups is 1. The number of para-hydroxylation sites is 1. The molecule has 0 radical (unpaired) electrons. The van der Waals surface area contributed by atoms with Crippen LogP contribution in [0.5, 0.6) is 0 Å². The molecule has 2 rings (SSSR count). The molecule has 128 valence electrons. The second-order valence-corrected chi connectivity index (χ2v) is 5.99. The fraction of sp³-hybridized carbons (Fsp3) is 0.400. The molecule has 1 fully saturated rings. The van der Waals surface area contributed by atoms with Gasteiger partial charge in [0.2, 0.25) is 5.91 Å². The van der Waals surface area contributed by atoms with Crippen molar-refractivity contribution in [1.29, 1.82) is 0 Å². The summed E-state index contributed by atoms with van der Waals surface area (Å²) in [5, 5.41) is 13.3. The molecule has 0 unspecified atom stereocenters. The molecule has 8 nitrogen and oxygen atoms in total. The van der Waals surface area contributed by atoms with E-state index in [-0.39, 0.29) is 22.3 Å². The summed E-state index contributed by atoms with van der Waals surface area (Å²) in [4.78, 5) is 34.1. The number of hydrazine groups is 1. The monoisotopic (exact) mass is 350 g/mol. The van der Waals surface area contributed by atoms with E-state index in [1.165, 1.54) is 24.3 Å². The fourth-order valence-electron chi connectivity index (χ4n) is 2.69. The molecule has 1 aromatic carbocycles. The molecule has 0 bridgehead atoms. The molecule has 0 aromatic heterocycles. The zero-order chi connectivity index (χ0) is 17.5. The Balaban J connectivity index is 1.82. The van der Waals surface area contributed by atoms with E-state index in [0.717, 1.165) is 25.7 Å². The maximum absolute atomic E-state index is 12.0. The standard InChI is InChI=1S/C15H18N4O4S/c20-13(9-10-5-1-2-6-10)16-15(24)18-17-14(21)11-7-3-4-8-12(11)19(22)23/h3-4,7-8,10H,1-2,5-6,9H2,(H,17,21)(H2,16,18,20,24). The van der Waals surface area contributed by atoms with Crippen LogP contribution in [-0.2, 0) is 4.79 Å². The third kappa shape index (κ3) is 4.98. The second kappa shape index (κ2) is 8.34. The van der Waals surface area contributed by atoms with Crippen molar-refractivity contribution in [3.05, 3.63) is 39.9 Å². The number of thiocarbonyl (C=S) groups is 1. The number of nitrogens with zero attached hydrogens (tertiary/aromatic N) is 1. The van der Waals surface area contributed by atoms with Crippen LogP contribution in [0.2, 0.25) is 0 Å². The Labute approximate surface area is 144 Å². The van der Waals surface area contributed by atoms with Crippen LogP contribution in [0.1, 0.15) is 42.5 Å². The first-order valence-electron chi connectivity index (χ1n) is 7.61. The van der Waals surface area contributed by atoms with Gasteiger partial charge in [0.05, 0.1) is 4.92 Å². The van der Waals surface area contributed by atoms with E-state index in [2.05, 4.69) is 16.2 Å². The molecule has 0 heterocycles. The molecule has 0 spiro atoms. The average Bonchev–Trinajstić information content (AvgIpc) is 3.05. The molecule has 2 amide bonds. The number of amides is 2. The summed E-state index contributed by atoms with van der Waals surface area (Å²) in [7, 11) is 0. The molecular weight excluding hydrogens is 332 g/mol. The number of benzene rings is 1. The molecule has 3 N–H and O–H groups in total. The van der Waals surface area contributed by atoms with Crippen molar-refractivity contribution < 1.29 is 14.5 Å². The summed E-state index contributed by atoms with van der Waals surface area (Å²) in [6.45, 7) is 0. The predicted molar refractivity (Wildman–Crippen MR) is 91.0 cm³/mol. The van der Waals surface area contributed by atoms with Gasteiger partial charge in [-0.05, 0) is 37.0 Å². The SMILES string of the molecule is O=C(CC1CCCC1)NC(=S)NNC(=O)c1ccccc1[N+](=O)[O-]. The van der Waals surface area contributed by atoms with E-state index in [9.17, 15) is 19.7 Å². The van der Waals surface area contributed by atoms with Crippen LogP contribution in [0.15, 0.2) is 24.3 Å². The minimum Gasteiger partial charge on any atom is -0.302 e. The smallest absolute Gasteiger partial charge is 0.282 e. The first kappa shape index (κ1) is 17.8. The topological polar surface area (TPSA) is 113 Å². The van der Waals surface area contributed by atoms with Gasteiger partial charge >= 0.3 is 0 Å². The van der Waals surface area contributed by atoms with Crippen molar-refractivity contribution in [3.8, 4) is 0 Å². The molecule has 0 saturated heterocycles. The second-order valence-electron chi connectivity index (χ2n) is 5.59. The number of rotatable bonds is 4. The average molecular weight is 350 g/mol. The van der Waals surface area contributed by atoms with Gasteiger partial charge in [0.1, 0.15) is 5.56 Å². The molecule has 0 aliphatic heterocycles. The van der Waals surface area contributed by atoms with Crippen LogP contribution in [0, 0.1) is 16.0 Å². The summed E-state index contributed by atoms with van der Waals surface area (Å²) in [5.74, 6) is -0.539. The van der Waals surface area contributed by atoms with Crippen LogP contribution >= 0.6 is 12.2 Å². The Morgan fingerprint density at radius 1 is 1.21 bits per heavy atom. The van der Waals surface area contributed by atoms with E-state index in [0.29, 0.717) is 12.3 Å². The van der Waals surface area contributed by atoms with Crippen LogP contribution < -0.4 is 16.2 Å². The normalized spacial score (nSPS) is 14.0. The van der Waals surface area contributed by atoms with Crippen molar-refractivity contribution in [1.82, 2.24) is 16.2 Å². The molecular formula is C15H18N4O4S. The Morgan fingerprint density at radius 3 is 2.54 bits per heavy atom. The van der Waals surface area contributed by atoms with Gasteiger partial charge in [-0.3, -0.25) is 30.6 Å². The zero-order valence-corrected chi connectivity index (χ0v) is 13.7.